The van der Waals surface area contributed by atoms with Gasteiger partial charge in [0.1, 0.15) is 18.8 Å². The van der Waals surface area contributed by atoms with Crippen LogP contribution in [0.15, 0.2) is 0 Å². The van der Waals surface area contributed by atoms with E-state index in [9.17, 15) is 94.6 Å². The van der Waals surface area contributed by atoms with Crippen LogP contribution in [0, 0.1) is 46.3 Å². The van der Waals surface area contributed by atoms with Gasteiger partial charge in [0.15, 0.2) is 12.2 Å². The molecule has 1 heterocycles. The number of esters is 6. The Morgan fingerprint density at radius 2 is 1.04 bits per heavy atom. The molecule has 4 saturated carbocycles. The van der Waals surface area contributed by atoms with Gasteiger partial charge in [-0.15, -0.1) is 0 Å². The van der Waals surface area contributed by atoms with Crippen molar-refractivity contribution in [2.75, 3.05) is 6.61 Å². The predicted molar refractivity (Wildman–Crippen MR) is 189 cm³/mol. The van der Waals surface area contributed by atoms with Crippen LogP contribution >= 0.6 is 0 Å². The molecular weight excluding hydrogens is 973 g/mol. The maximum Gasteiger partial charge on any atom is 0.490 e. The molecule has 28 heteroatoms. The summed E-state index contributed by atoms with van der Waals surface area (Å²) in [4.78, 5) is 72.3. The second kappa shape index (κ2) is 19.5. The number of rotatable bonds is 11. The Labute approximate surface area is 375 Å². The zero-order valence-corrected chi connectivity index (χ0v) is 35.9. The molecule has 13 nitrogen and oxygen atoms in total. The van der Waals surface area contributed by atoms with Gasteiger partial charge in [-0.3, -0.25) is 4.79 Å². The van der Waals surface area contributed by atoms with Crippen molar-refractivity contribution in [2.24, 2.45) is 46.3 Å². The summed E-state index contributed by atoms with van der Waals surface area (Å²) in [7, 11) is 0. The van der Waals surface area contributed by atoms with Gasteiger partial charge in [0, 0.05) is 6.42 Å². The number of hydrogen-bond acceptors (Lipinski definition) is 13. The molecule has 0 aromatic heterocycles. The molecule has 0 radical (unpaired) electrons. The van der Waals surface area contributed by atoms with Crippen LogP contribution in [0.4, 0.5) is 65.9 Å². The second-order valence-corrected chi connectivity index (χ2v) is 18.4. The van der Waals surface area contributed by atoms with E-state index in [0.29, 0.717) is 25.7 Å². The molecule has 0 N–H and O–H groups in total. The third-order valence-corrected chi connectivity index (χ3v) is 14.6. The maximum atomic E-state index is 13.5. The number of ether oxygens (including phenoxy) is 7. The summed E-state index contributed by atoms with van der Waals surface area (Å²) < 4.78 is 229. The van der Waals surface area contributed by atoms with E-state index in [0.717, 1.165) is 19.3 Å². The molecule has 14 atom stereocenters. The van der Waals surface area contributed by atoms with E-state index in [4.69, 9.17) is 14.2 Å². The van der Waals surface area contributed by atoms with Crippen LogP contribution in [0.5, 0.6) is 0 Å². The van der Waals surface area contributed by atoms with Crippen molar-refractivity contribution in [3.05, 3.63) is 0 Å². The van der Waals surface area contributed by atoms with E-state index in [1.807, 2.05) is 0 Å². The minimum Gasteiger partial charge on any atom is -0.456 e. The predicted octanol–water partition coefficient (Wildman–Crippen LogP) is 8.33. The minimum absolute atomic E-state index is 0.00213. The van der Waals surface area contributed by atoms with Crippen molar-refractivity contribution >= 4 is 35.8 Å². The molecule has 0 aromatic carbocycles. The molecule has 388 valence electrons. The van der Waals surface area contributed by atoms with Crippen LogP contribution in [-0.2, 0) is 61.9 Å². The van der Waals surface area contributed by atoms with Crippen LogP contribution in [0.1, 0.15) is 91.4 Å². The van der Waals surface area contributed by atoms with E-state index >= 15 is 0 Å². The highest BCUT2D eigenvalue weighted by atomic mass is 19.4. The minimum atomic E-state index is -6.16. The van der Waals surface area contributed by atoms with Crippen molar-refractivity contribution in [1.29, 1.82) is 0 Å². The molecule has 0 amide bonds. The molecule has 5 rings (SSSR count). The van der Waals surface area contributed by atoms with Crippen LogP contribution in [0.3, 0.4) is 0 Å². The van der Waals surface area contributed by atoms with Gasteiger partial charge in [-0.2, -0.15) is 65.9 Å². The van der Waals surface area contributed by atoms with Crippen molar-refractivity contribution in [2.45, 2.75) is 159 Å². The number of fused-ring (bicyclic) bond motifs is 5. The first-order chi connectivity index (χ1) is 31.0. The molecular formula is C40H45F15O13. The fourth-order valence-corrected chi connectivity index (χ4v) is 11.6. The van der Waals surface area contributed by atoms with Crippen molar-refractivity contribution in [1.82, 2.24) is 0 Å². The molecule has 0 spiro atoms. The molecule has 5 aliphatic rings. The molecule has 1 aliphatic heterocycles. The Balaban J connectivity index is 1.34. The quantitative estimate of drug-likeness (QED) is 0.110. The fourth-order valence-electron chi connectivity index (χ4n) is 11.6. The number of hydrogen-bond donors (Lipinski definition) is 0. The Morgan fingerprint density at radius 1 is 0.559 bits per heavy atom. The van der Waals surface area contributed by atoms with E-state index in [2.05, 4.69) is 32.8 Å². The van der Waals surface area contributed by atoms with Gasteiger partial charge in [-0.25, -0.2) is 24.0 Å². The van der Waals surface area contributed by atoms with Crippen molar-refractivity contribution in [3.63, 3.8) is 0 Å². The Bertz CT molecular complexity index is 1900. The second-order valence-electron chi connectivity index (χ2n) is 18.4. The summed E-state index contributed by atoms with van der Waals surface area (Å²) in [5.41, 5.74) is -0.592. The Morgan fingerprint density at radius 3 is 1.59 bits per heavy atom. The van der Waals surface area contributed by atoms with Crippen molar-refractivity contribution in [3.8, 4) is 0 Å². The van der Waals surface area contributed by atoms with E-state index in [1.54, 1.807) is 6.92 Å². The first-order valence-electron chi connectivity index (χ1n) is 21.2. The zero-order valence-electron chi connectivity index (χ0n) is 35.9. The molecule has 4 aliphatic carbocycles. The topological polar surface area (TPSA) is 167 Å². The SMILES string of the molecule is C[C@H](CCC(=O)O[C@@H]1O[C@H](COC(=O)C(F)(F)F)[C@H](OC(=O)C(F)(F)F)[C@H](OC(=O)C(F)(F)F)[C@H]1OC(=O)C(F)(F)F)[C@H]1CCC2C3CCC4C[C@H](OC(=O)C(F)(F)F)CC[C@]4(C)C3CC[C@@]21C. The molecule has 68 heavy (non-hydrogen) atoms. The highest BCUT2D eigenvalue weighted by molar-refractivity contribution is 5.78. The summed E-state index contributed by atoms with van der Waals surface area (Å²) in [6.07, 6.45) is -42.2. The van der Waals surface area contributed by atoms with Crippen LogP contribution < -0.4 is 0 Å². The number of alkyl halides is 15. The third-order valence-electron chi connectivity index (χ3n) is 14.6. The number of halogens is 15. The van der Waals surface area contributed by atoms with Gasteiger partial charge in [0.25, 0.3) is 0 Å². The maximum absolute atomic E-state index is 13.5. The van der Waals surface area contributed by atoms with Crippen LogP contribution in [0.2, 0.25) is 0 Å². The van der Waals surface area contributed by atoms with Gasteiger partial charge >= 0.3 is 66.7 Å². The zero-order chi connectivity index (χ0) is 51.3. The summed E-state index contributed by atoms with van der Waals surface area (Å²) in [6.45, 7) is 3.87. The summed E-state index contributed by atoms with van der Waals surface area (Å²) in [6, 6.07) is 0. The third kappa shape index (κ3) is 12.0. The van der Waals surface area contributed by atoms with Gasteiger partial charge < -0.3 is 33.2 Å². The van der Waals surface area contributed by atoms with Gasteiger partial charge in [-0.1, -0.05) is 20.8 Å². The number of carbonyl (C=O) groups is 6. The molecule has 5 fully saturated rings. The number of carbonyl (C=O) groups excluding carboxylic acids is 6. The highest BCUT2D eigenvalue weighted by Gasteiger charge is 2.63. The molecule has 0 bridgehead atoms. The van der Waals surface area contributed by atoms with Gasteiger partial charge in [0.2, 0.25) is 12.4 Å². The molecule has 1 saturated heterocycles. The Hall–Kier alpha value is -4.27. The largest absolute Gasteiger partial charge is 0.490 e. The van der Waals surface area contributed by atoms with Crippen LogP contribution in [-0.4, -0.2) is 110 Å². The summed E-state index contributed by atoms with van der Waals surface area (Å²) >= 11 is 0. The average molecular weight is 1020 g/mol. The lowest BCUT2D eigenvalue weighted by atomic mass is 9.44. The van der Waals surface area contributed by atoms with Crippen molar-refractivity contribution < 1.29 is 128 Å². The lowest BCUT2D eigenvalue weighted by Crippen LogP contribution is -2.64. The smallest absolute Gasteiger partial charge is 0.456 e. The van der Waals surface area contributed by atoms with E-state index in [-0.39, 0.29) is 65.6 Å². The van der Waals surface area contributed by atoms with Crippen LogP contribution in [0.25, 0.3) is 0 Å². The van der Waals surface area contributed by atoms with E-state index < -0.39 is 117 Å². The molecule has 4 unspecified atom stereocenters. The normalized spacial score (nSPS) is 34.8. The monoisotopic (exact) mass is 1020 g/mol. The highest BCUT2D eigenvalue weighted by Crippen LogP contribution is 2.68. The van der Waals surface area contributed by atoms with Gasteiger partial charge in [0.05, 0.1) is 0 Å². The first kappa shape index (κ1) is 54.7. The molecule has 0 aromatic rings. The fraction of sp³-hybridized carbons (Fsp3) is 0.850. The summed E-state index contributed by atoms with van der Waals surface area (Å²) in [5, 5.41) is 0. The Kier molecular flexibility index (Phi) is 15.7. The average Bonchev–Trinajstić information content (AvgIpc) is 3.56. The van der Waals surface area contributed by atoms with Gasteiger partial charge in [-0.05, 0) is 111 Å². The summed E-state index contributed by atoms with van der Waals surface area (Å²) in [5.74, 6) is -17.1. The lowest BCUT2D eigenvalue weighted by Gasteiger charge is -2.61. The van der Waals surface area contributed by atoms with E-state index in [1.165, 1.54) is 0 Å². The standard InChI is InChI=1S/C40H45F15O13/c1-16(20-7-8-21-19-6-5-17-14-18(63-30(58)37(44,45)46)10-12-34(17,2)22(19)11-13-35(20,21)3)4-9-24(56)65-28-27(68-33(61)40(53,54)55)26(67-32(60)39(50,51)52)25(66-31(59)38(47,48)49)23(64-28)15-62-29(57)36(41,42)43/h16-23,25-28H,4-15H2,1-3H3/t16-,17?,18-,19?,20-,21?,22?,23-,25+,26+,27-,28+,34+,35-/m1/s1. The first-order valence-corrected chi connectivity index (χ1v) is 21.2. The lowest BCUT2D eigenvalue weighted by molar-refractivity contribution is -0.315.